The summed E-state index contributed by atoms with van der Waals surface area (Å²) in [6.07, 6.45) is 2.47. The fourth-order valence-corrected chi connectivity index (χ4v) is 0.615. The van der Waals surface area contributed by atoms with E-state index in [4.69, 9.17) is 10.5 Å². The topological polar surface area (TPSA) is 35.2 Å². The van der Waals surface area contributed by atoms with E-state index >= 15 is 0 Å². The Morgan fingerprint density at radius 3 is 2.22 bits per heavy atom. The van der Waals surface area contributed by atoms with Crippen LogP contribution in [0.5, 0.6) is 0 Å². The summed E-state index contributed by atoms with van der Waals surface area (Å²) in [6.45, 7) is 4.07. The summed E-state index contributed by atoms with van der Waals surface area (Å²) in [5.41, 5.74) is 5.54. The average Bonchev–Trinajstić information content (AvgIpc) is 1.83. The van der Waals surface area contributed by atoms with Crippen LogP contribution in [0.3, 0.4) is 0 Å². The molecule has 9 heavy (non-hydrogen) atoms. The van der Waals surface area contributed by atoms with E-state index in [0.29, 0.717) is 12.1 Å². The van der Waals surface area contributed by atoms with E-state index in [2.05, 4.69) is 6.92 Å². The van der Waals surface area contributed by atoms with Gasteiger partial charge in [-0.05, 0) is 26.7 Å². The standard InChI is InChI=1S/C7H17NO/c1-6(8)4-5-7(2)9-3/h6-7H,4-5,8H2,1-3H3. The molecule has 56 valence electrons. The van der Waals surface area contributed by atoms with Gasteiger partial charge in [-0.1, -0.05) is 0 Å². The molecule has 0 aliphatic heterocycles. The number of rotatable bonds is 4. The first-order chi connectivity index (χ1) is 4.16. The summed E-state index contributed by atoms with van der Waals surface area (Å²) in [6, 6.07) is 0.308. The van der Waals surface area contributed by atoms with Gasteiger partial charge in [-0.25, -0.2) is 0 Å². The number of nitrogens with two attached hydrogens (primary N) is 1. The highest BCUT2D eigenvalue weighted by atomic mass is 16.5. The van der Waals surface area contributed by atoms with Crippen LogP contribution in [0.4, 0.5) is 0 Å². The molecule has 0 aromatic heterocycles. The van der Waals surface area contributed by atoms with Crippen molar-refractivity contribution in [3.63, 3.8) is 0 Å². The molecule has 0 spiro atoms. The second-order valence-corrected chi connectivity index (χ2v) is 2.60. The summed E-state index contributed by atoms with van der Waals surface area (Å²) < 4.78 is 5.04. The van der Waals surface area contributed by atoms with Crippen molar-refractivity contribution < 1.29 is 4.74 Å². The molecule has 0 saturated heterocycles. The van der Waals surface area contributed by atoms with Gasteiger partial charge in [0.25, 0.3) is 0 Å². The van der Waals surface area contributed by atoms with Gasteiger partial charge in [-0.3, -0.25) is 0 Å². The minimum absolute atomic E-state index is 0.308. The minimum Gasteiger partial charge on any atom is -0.382 e. The van der Waals surface area contributed by atoms with Gasteiger partial charge in [0.05, 0.1) is 6.10 Å². The quantitative estimate of drug-likeness (QED) is 0.621. The minimum atomic E-state index is 0.308. The lowest BCUT2D eigenvalue weighted by molar-refractivity contribution is 0.107. The molecule has 0 saturated carbocycles. The van der Waals surface area contributed by atoms with E-state index in [1.54, 1.807) is 7.11 Å². The van der Waals surface area contributed by atoms with E-state index < -0.39 is 0 Å². The molecule has 0 aromatic rings. The van der Waals surface area contributed by atoms with Gasteiger partial charge in [0.2, 0.25) is 0 Å². The van der Waals surface area contributed by atoms with Gasteiger partial charge in [0.1, 0.15) is 0 Å². The lowest BCUT2D eigenvalue weighted by Gasteiger charge is -2.09. The van der Waals surface area contributed by atoms with E-state index in [0.717, 1.165) is 12.8 Å². The van der Waals surface area contributed by atoms with E-state index in [-0.39, 0.29) is 0 Å². The van der Waals surface area contributed by atoms with Crippen LogP contribution in [0, 0.1) is 0 Å². The molecule has 2 heteroatoms. The Balaban J connectivity index is 3.06. The number of hydrogen-bond donors (Lipinski definition) is 1. The summed E-state index contributed by atoms with van der Waals surface area (Å²) >= 11 is 0. The zero-order chi connectivity index (χ0) is 7.28. The first-order valence-electron chi connectivity index (χ1n) is 3.45. The summed E-state index contributed by atoms with van der Waals surface area (Å²) in [5.74, 6) is 0. The van der Waals surface area contributed by atoms with Gasteiger partial charge in [0.15, 0.2) is 0 Å². The van der Waals surface area contributed by atoms with Gasteiger partial charge < -0.3 is 10.5 Å². The van der Waals surface area contributed by atoms with E-state index in [9.17, 15) is 0 Å². The highest BCUT2D eigenvalue weighted by Crippen LogP contribution is 2.01. The Kier molecular flexibility index (Phi) is 4.72. The third kappa shape index (κ3) is 5.80. The van der Waals surface area contributed by atoms with Crippen LogP contribution in [0.1, 0.15) is 26.7 Å². The largest absolute Gasteiger partial charge is 0.382 e. The summed E-state index contributed by atoms with van der Waals surface area (Å²) in [7, 11) is 1.73. The van der Waals surface area contributed by atoms with Gasteiger partial charge in [0, 0.05) is 13.2 Å². The van der Waals surface area contributed by atoms with Crippen molar-refractivity contribution in [3.05, 3.63) is 0 Å². The normalized spacial score (nSPS) is 17.3. The lowest BCUT2D eigenvalue weighted by atomic mass is 10.1. The van der Waals surface area contributed by atoms with Gasteiger partial charge in [-0.15, -0.1) is 0 Å². The predicted octanol–water partition coefficient (Wildman–Crippen LogP) is 1.15. The third-order valence-corrected chi connectivity index (χ3v) is 1.43. The molecule has 0 aromatic carbocycles. The Morgan fingerprint density at radius 1 is 1.33 bits per heavy atom. The number of methoxy groups -OCH3 is 1. The van der Waals surface area contributed by atoms with Crippen molar-refractivity contribution in [3.8, 4) is 0 Å². The molecule has 0 bridgehead atoms. The van der Waals surface area contributed by atoms with E-state index in [1.807, 2.05) is 6.92 Å². The second-order valence-electron chi connectivity index (χ2n) is 2.60. The Morgan fingerprint density at radius 2 is 1.89 bits per heavy atom. The van der Waals surface area contributed by atoms with Crippen LogP contribution >= 0.6 is 0 Å². The van der Waals surface area contributed by atoms with Gasteiger partial charge >= 0.3 is 0 Å². The van der Waals surface area contributed by atoms with Crippen LogP contribution in [0.25, 0.3) is 0 Å². The molecule has 0 fully saturated rings. The van der Waals surface area contributed by atoms with Crippen molar-refractivity contribution in [2.45, 2.75) is 38.8 Å². The summed E-state index contributed by atoms with van der Waals surface area (Å²) in [5, 5.41) is 0. The van der Waals surface area contributed by atoms with Crippen molar-refractivity contribution in [2.75, 3.05) is 7.11 Å². The molecule has 0 rings (SSSR count). The monoisotopic (exact) mass is 131 g/mol. The van der Waals surface area contributed by atoms with Crippen molar-refractivity contribution in [1.82, 2.24) is 0 Å². The smallest absolute Gasteiger partial charge is 0.0543 e. The highest BCUT2D eigenvalue weighted by molar-refractivity contribution is 4.56. The molecule has 0 heterocycles. The molecule has 2 unspecified atom stereocenters. The van der Waals surface area contributed by atoms with Gasteiger partial charge in [-0.2, -0.15) is 0 Å². The first kappa shape index (κ1) is 8.92. The average molecular weight is 131 g/mol. The molecular formula is C7H17NO. The molecule has 2 nitrogen and oxygen atoms in total. The SMILES string of the molecule is COC(C)CCC(C)N. The molecule has 0 aliphatic rings. The molecule has 2 N–H and O–H groups in total. The molecule has 0 amide bonds. The van der Waals surface area contributed by atoms with E-state index in [1.165, 1.54) is 0 Å². The Bertz CT molecular complexity index is 63.9. The third-order valence-electron chi connectivity index (χ3n) is 1.43. The molecule has 2 atom stereocenters. The second kappa shape index (κ2) is 4.77. The zero-order valence-electron chi connectivity index (χ0n) is 6.55. The fraction of sp³-hybridized carbons (Fsp3) is 1.00. The number of ether oxygens (including phenoxy) is 1. The van der Waals surface area contributed by atoms with Crippen molar-refractivity contribution in [2.24, 2.45) is 5.73 Å². The summed E-state index contributed by atoms with van der Waals surface area (Å²) in [4.78, 5) is 0. The molecule has 0 radical (unpaired) electrons. The lowest BCUT2D eigenvalue weighted by Crippen LogP contribution is -2.17. The van der Waals surface area contributed by atoms with Crippen LogP contribution in [-0.4, -0.2) is 19.3 Å². The van der Waals surface area contributed by atoms with Crippen LogP contribution in [0.2, 0.25) is 0 Å². The first-order valence-corrected chi connectivity index (χ1v) is 3.45. The Labute approximate surface area is 57.4 Å². The highest BCUT2D eigenvalue weighted by Gasteiger charge is 2.00. The van der Waals surface area contributed by atoms with Crippen LogP contribution in [0.15, 0.2) is 0 Å². The molecular weight excluding hydrogens is 114 g/mol. The predicted molar refractivity (Wildman–Crippen MR) is 39.4 cm³/mol. The van der Waals surface area contributed by atoms with Crippen molar-refractivity contribution in [1.29, 1.82) is 0 Å². The maximum absolute atomic E-state index is 5.54. The number of hydrogen-bond acceptors (Lipinski definition) is 2. The fourth-order valence-electron chi connectivity index (χ4n) is 0.615. The maximum atomic E-state index is 5.54. The maximum Gasteiger partial charge on any atom is 0.0543 e. The molecule has 0 aliphatic carbocycles. The van der Waals surface area contributed by atoms with Crippen LogP contribution < -0.4 is 5.73 Å². The van der Waals surface area contributed by atoms with Crippen LogP contribution in [-0.2, 0) is 4.74 Å². The Hall–Kier alpha value is -0.0800. The zero-order valence-corrected chi connectivity index (χ0v) is 6.55. The van der Waals surface area contributed by atoms with Crippen molar-refractivity contribution >= 4 is 0 Å².